The molecule has 2 rings (SSSR count). The monoisotopic (exact) mass is 443 g/mol. The minimum atomic E-state index is -5.21. The SMILES string of the molecule is C#CC(=O)N(c1ccc(OC(F)(F)F)c(Cl)c1F)C1(C(=O)O)CCC(F)(F)CC1. The molecular weight excluding hydrogens is 432 g/mol. The molecule has 1 fully saturated rings. The molecule has 1 N–H and O–H groups in total. The second kappa shape index (κ2) is 7.67. The van der Waals surface area contributed by atoms with Crippen molar-refractivity contribution in [1.82, 2.24) is 0 Å². The standard InChI is InChI=1S/C17H12ClF6NO4/c1-2-11(26)25(15(14(27)28)5-7-16(20,21)8-6-15)9-3-4-10(12(18)13(9)19)29-17(22,23)24/h1,3-4H,5-8H2,(H,27,28). The third kappa shape index (κ3) is 4.53. The maximum Gasteiger partial charge on any atom is 0.573 e. The number of hydrogen-bond donors (Lipinski definition) is 1. The van der Waals surface area contributed by atoms with Crippen LogP contribution >= 0.6 is 11.6 Å². The number of carbonyl (C=O) groups excluding carboxylic acids is 1. The highest BCUT2D eigenvalue weighted by Crippen LogP contribution is 2.45. The number of anilines is 1. The van der Waals surface area contributed by atoms with Crippen LogP contribution < -0.4 is 9.64 Å². The largest absolute Gasteiger partial charge is 0.573 e. The fourth-order valence-corrected chi connectivity index (χ4v) is 3.26. The Morgan fingerprint density at radius 2 is 1.76 bits per heavy atom. The van der Waals surface area contributed by atoms with E-state index in [-0.39, 0.29) is 4.90 Å². The molecule has 0 atom stereocenters. The van der Waals surface area contributed by atoms with Gasteiger partial charge in [-0.1, -0.05) is 11.6 Å². The van der Waals surface area contributed by atoms with Crippen LogP contribution in [0.25, 0.3) is 0 Å². The van der Waals surface area contributed by atoms with Gasteiger partial charge in [-0.3, -0.25) is 9.69 Å². The lowest BCUT2D eigenvalue weighted by atomic mass is 9.78. The van der Waals surface area contributed by atoms with Gasteiger partial charge in [-0.05, 0) is 30.9 Å². The van der Waals surface area contributed by atoms with Gasteiger partial charge in [0, 0.05) is 12.8 Å². The van der Waals surface area contributed by atoms with E-state index in [9.17, 15) is 41.0 Å². The Hall–Kier alpha value is -2.61. The van der Waals surface area contributed by atoms with Crippen LogP contribution in [0.4, 0.5) is 32.0 Å². The fourth-order valence-electron chi connectivity index (χ4n) is 3.06. The molecule has 0 saturated heterocycles. The van der Waals surface area contributed by atoms with E-state index in [1.54, 1.807) is 5.92 Å². The van der Waals surface area contributed by atoms with Crippen LogP contribution in [-0.2, 0) is 9.59 Å². The van der Waals surface area contributed by atoms with Crippen LogP contribution in [0, 0.1) is 18.2 Å². The second-order valence-electron chi connectivity index (χ2n) is 6.24. The lowest BCUT2D eigenvalue weighted by molar-refractivity contribution is -0.274. The molecular formula is C17H12ClF6NO4. The highest BCUT2D eigenvalue weighted by Gasteiger charge is 2.54. The van der Waals surface area contributed by atoms with Crippen LogP contribution in [0.3, 0.4) is 0 Å². The normalized spacial score (nSPS) is 17.9. The number of terminal acetylenes is 1. The van der Waals surface area contributed by atoms with Crippen LogP contribution in [0.2, 0.25) is 5.02 Å². The first-order valence-corrected chi connectivity index (χ1v) is 8.28. The summed E-state index contributed by atoms with van der Waals surface area (Å²) in [5, 5.41) is 8.47. The van der Waals surface area contributed by atoms with E-state index in [4.69, 9.17) is 18.0 Å². The van der Waals surface area contributed by atoms with Crippen molar-refractivity contribution in [1.29, 1.82) is 0 Å². The number of carboxylic acid groups (broad SMARTS) is 1. The summed E-state index contributed by atoms with van der Waals surface area (Å²) in [5.74, 6) is -7.53. The number of carboxylic acids is 1. The molecule has 0 aromatic heterocycles. The molecule has 1 aliphatic rings. The quantitative estimate of drug-likeness (QED) is 0.554. The average Bonchev–Trinajstić information content (AvgIpc) is 2.61. The lowest BCUT2D eigenvalue weighted by Crippen LogP contribution is -2.60. The number of ether oxygens (including phenoxy) is 1. The predicted molar refractivity (Wildman–Crippen MR) is 88.2 cm³/mol. The van der Waals surface area contributed by atoms with Gasteiger partial charge in [-0.2, -0.15) is 0 Å². The molecule has 0 aliphatic heterocycles. The summed E-state index contributed by atoms with van der Waals surface area (Å²) < 4.78 is 82.6. The molecule has 5 nitrogen and oxygen atoms in total. The molecule has 1 aromatic carbocycles. The fraction of sp³-hybridized carbons (Fsp3) is 0.412. The first kappa shape index (κ1) is 22.7. The molecule has 29 heavy (non-hydrogen) atoms. The Balaban J connectivity index is 2.62. The van der Waals surface area contributed by atoms with Crippen molar-refractivity contribution in [3.63, 3.8) is 0 Å². The first-order valence-electron chi connectivity index (χ1n) is 7.90. The van der Waals surface area contributed by atoms with E-state index in [0.29, 0.717) is 12.1 Å². The molecule has 158 valence electrons. The molecule has 0 bridgehead atoms. The van der Waals surface area contributed by atoms with Gasteiger partial charge in [-0.25, -0.2) is 18.0 Å². The maximum atomic E-state index is 14.7. The molecule has 1 amide bonds. The van der Waals surface area contributed by atoms with Gasteiger partial charge in [0.2, 0.25) is 5.92 Å². The van der Waals surface area contributed by atoms with Gasteiger partial charge in [0.1, 0.15) is 10.6 Å². The van der Waals surface area contributed by atoms with Gasteiger partial charge in [0.25, 0.3) is 0 Å². The molecule has 1 saturated carbocycles. The summed E-state index contributed by atoms with van der Waals surface area (Å²) in [4.78, 5) is 24.5. The van der Waals surface area contributed by atoms with Crippen molar-refractivity contribution in [2.45, 2.75) is 43.5 Å². The maximum absolute atomic E-state index is 14.7. The highest BCUT2D eigenvalue weighted by molar-refractivity contribution is 6.32. The van der Waals surface area contributed by atoms with E-state index < -0.39 is 77.7 Å². The summed E-state index contributed by atoms with van der Waals surface area (Å²) in [5.41, 5.74) is -3.22. The predicted octanol–water partition coefficient (Wildman–Crippen LogP) is 4.38. The van der Waals surface area contributed by atoms with E-state index in [2.05, 4.69) is 4.74 Å². The topological polar surface area (TPSA) is 66.8 Å². The number of carbonyl (C=O) groups is 2. The number of alkyl halides is 5. The molecule has 0 heterocycles. The summed E-state index contributed by atoms with van der Waals surface area (Å²) in [6, 6.07) is 1.16. The molecule has 1 aromatic rings. The number of amides is 1. The van der Waals surface area contributed by atoms with E-state index >= 15 is 0 Å². The van der Waals surface area contributed by atoms with Crippen molar-refractivity contribution in [3.05, 3.63) is 23.0 Å². The van der Waals surface area contributed by atoms with Crippen molar-refractivity contribution in [2.24, 2.45) is 0 Å². The Labute approximate surface area is 165 Å². The molecule has 12 heteroatoms. The van der Waals surface area contributed by atoms with E-state index in [1.165, 1.54) is 0 Å². The van der Waals surface area contributed by atoms with Crippen LogP contribution in [0.5, 0.6) is 5.75 Å². The zero-order valence-corrected chi connectivity index (χ0v) is 15.1. The number of benzene rings is 1. The van der Waals surface area contributed by atoms with Crippen molar-refractivity contribution in [3.8, 4) is 18.1 Å². The molecule has 1 aliphatic carbocycles. The first-order chi connectivity index (χ1) is 13.2. The second-order valence-corrected chi connectivity index (χ2v) is 6.61. The highest BCUT2D eigenvalue weighted by atomic mass is 35.5. The molecule has 0 radical (unpaired) electrons. The Morgan fingerprint density at radius 1 is 1.21 bits per heavy atom. The zero-order chi connectivity index (χ0) is 22.2. The van der Waals surface area contributed by atoms with Crippen LogP contribution in [0.1, 0.15) is 25.7 Å². The number of hydrogen-bond acceptors (Lipinski definition) is 3. The number of rotatable bonds is 4. The Morgan fingerprint density at radius 3 is 2.21 bits per heavy atom. The Bertz CT molecular complexity index is 870. The number of halogens is 7. The minimum absolute atomic E-state index is 0.267. The third-order valence-electron chi connectivity index (χ3n) is 4.45. The zero-order valence-electron chi connectivity index (χ0n) is 14.3. The Kier molecular flexibility index (Phi) is 5.99. The van der Waals surface area contributed by atoms with Gasteiger partial charge in [0.05, 0.1) is 5.69 Å². The molecule has 0 spiro atoms. The van der Waals surface area contributed by atoms with Gasteiger partial charge in [-0.15, -0.1) is 19.6 Å². The number of aliphatic carboxylic acids is 1. The van der Waals surface area contributed by atoms with E-state index in [1.807, 2.05) is 0 Å². The lowest BCUT2D eigenvalue weighted by Gasteiger charge is -2.44. The van der Waals surface area contributed by atoms with Crippen LogP contribution in [0.15, 0.2) is 12.1 Å². The van der Waals surface area contributed by atoms with Crippen molar-refractivity contribution in [2.75, 3.05) is 4.90 Å². The van der Waals surface area contributed by atoms with Crippen molar-refractivity contribution < 1.29 is 45.8 Å². The third-order valence-corrected chi connectivity index (χ3v) is 4.81. The summed E-state index contributed by atoms with van der Waals surface area (Å²) in [7, 11) is 0. The summed E-state index contributed by atoms with van der Waals surface area (Å²) in [6.45, 7) is 0. The molecule has 0 unspecified atom stereocenters. The summed E-state index contributed by atoms with van der Waals surface area (Å²) in [6.07, 6.45) is -3.60. The van der Waals surface area contributed by atoms with Gasteiger partial charge in [0.15, 0.2) is 11.6 Å². The minimum Gasteiger partial charge on any atom is -0.479 e. The van der Waals surface area contributed by atoms with Gasteiger partial charge >= 0.3 is 18.2 Å². The van der Waals surface area contributed by atoms with E-state index in [0.717, 1.165) is 0 Å². The summed E-state index contributed by atoms with van der Waals surface area (Å²) >= 11 is 5.55. The smallest absolute Gasteiger partial charge is 0.479 e. The average molecular weight is 444 g/mol. The number of nitrogens with zero attached hydrogens (tertiary/aromatic N) is 1. The van der Waals surface area contributed by atoms with Gasteiger partial charge < -0.3 is 9.84 Å². The van der Waals surface area contributed by atoms with Crippen LogP contribution in [-0.4, -0.2) is 34.8 Å². The van der Waals surface area contributed by atoms with Crippen molar-refractivity contribution >= 4 is 29.2 Å².